The Morgan fingerprint density at radius 2 is 2.21 bits per heavy atom. The lowest BCUT2D eigenvalue weighted by Crippen LogP contribution is -2.36. The van der Waals surface area contributed by atoms with Crippen molar-refractivity contribution in [3.63, 3.8) is 0 Å². The van der Waals surface area contributed by atoms with E-state index >= 15 is 0 Å². The van der Waals surface area contributed by atoms with Gasteiger partial charge in [0, 0.05) is 25.1 Å². The highest BCUT2D eigenvalue weighted by molar-refractivity contribution is 5.89. The number of rotatable bonds is 6. The van der Waals surface area contributed by atoms with Crippen LogP contribution in [0.4, 0.5) is 10.6 Å². The van der Waals surface area contributed by atoms with Gasteiger partial charge in [0.15, 0.2) is 0 Å². The van der Waals surface area contributed by atoms with Crippen LogP contribution < -0.4 is 10.6 Å². The van der Waals surface area contributed by atoms with Gasteiger partial charge in [0.1, 0.15) is 5.82 Å². The fourth-order valence-corrected chi connectivity index (χ4v) is 2.63. The molecule has 6 nitrogen and oxygen atoms in total. The van der Waals surface area contributed by atoms with Crippen LogP contribution in [-0.4, -0.2) is 34.5 Å². The predicted molar refractivity (Wildman–Crippen MR) is 73.0 cm³/mol. The molecule has 1 aromatic rings. The van der Waals surface area contributed by atoms with E-state index in [1.54, 1.807) is 0 Å². The van der Waals surface area contributed by atoms with Crippen LogP contribution in [-0.2, 0) is 0 Å². The number of carbonyl (C=O) groups excluding carboxylic acids is 1. The minimum Gasteiger partial charge on any atom is -0.396 e. The van der Waals surface area contributed by atoms with Crippen molar-refractivity contribution in [1.29, 1.82) is 0 Å². The first kappa shape index (κ1) is 13.9. The number of hydrogen-bond acceptors (Lipinski definition) is 3. The van der Waals surface area contributed by atoms with Gasteiger partial charge in [-0.25, -0.2) is 4.79 Å². The number of nitrogens with one attached hydrogen (secondary N) is 1. The first-order chi connectivity index (χ1) is 9.22. The fourth-order valence-electron chi connectivity index (χ4n) is 2.63. The van der Waals surface area contributed by atoms with Crippen LogP contribution in [0, 0.1) is 0 Å². The van der Waals surface area contributed by atoms with E-state index in [9.17, 15) is 4.79 Å². The van der Waals surface area contributed by atoms with Gasteiger partial charge in [0.05, 0.1) is 5.69 Å². The van der Waals surface area contributed by atoms with E-state index in [-0.39, 0.29) is 6.61 Å². The third-order valence-electron chi connectivity index (χ3n) is 3.70. The number of unbranched alkanes of at least 4 members (excludes halogenated alkanes) is 1. The lowest BCUT2D eigenvalue weighted by molar-refractivity contribution is 0.252. The second-order valence-corrected chi connectivity index (χ2v) is 5.08. The predicted octanol–water partition coefficient (Wildman–Crippen LogP) is 1.72. The summed E-state index contributed by atoms with van der Waals surface area (Å²) in [5.74, 6) is 1.17. The molecule has 6 heteroatoms. The molecule has 0 aliphatic heterocycles. The van der Waals surface area contributed by atoms with E-state index in [0.29, 0.717) is 24.7 Å². The molecule has 0 aromatic carbocycles. The normalized spacial score (nSPS) is 15.8. The zero-order valence-electron chi connectivity index (χ0n) is 11.1. The summed E-state index contributed by atoms with van der Waals surface area (Å²) in [4.78, 5) is 12.9. The Bertz CT molecular complexity index is 413. The summed E-state index contributed by atoms with van der Waals surface area (Å²) in [5, 5.41) is 16.0. The number of aliphatic hydroxyl groups excluding tert-OH is 1. The number of amides is 2. The molecule has 0 radical (unpaired) electrons. The van der Waals surface area contributed by atoms with Crippen LogP contribution in [0.1, 0.15) is 50.1 Å². The highest BCUT2D eigenvalue weighted by Gasteiger charge is 2.22. The van der Waals surface area contributed by atoms with Crippen LogP contribution in [0.2, 0.25) is 0 Å². The van der Waals surface area contributed by atoms with Gasteiger partial charge in [0.2, 0.25) is 0 Å². The second kappa shape index (κ2) is 6.56. The fraction of sp³-hybridized carbons (Fsp3) is 0.692. The summed E-state index contributed by atoms with van der Waals surface area (Å²) in [7, 11) is 0. The number of aromatic nitrogens is 2. The van der Waals surface area contributed by atoms with Gasteiger partial charge in [-0.05, 0) is 25.7 Å². The Balaban J connectivity index is 2.02. The standard InChI is InChI=1S/C13H22N4O2/c14-13(19)17(7-3-4-8-18)12-9-11(15-16-12)10-5-1-2-6-10/h9-10,18H,1-8H2,(H2,14,19)(H,15,16). The molecule has 19 heavy (non-hydrogen) atoms. The summed E-state index contributed by atoms with van der Waals surface area (Å²) in [6.45, 7) is 0.630. The van der Waals surface area contributed by atoms with E-state index in [0.717, 1.165) is 12.1 Å². The van der Waals surface area contributed by atoms with Crippen molar-refractivity contribution in [3.05, 3.63) is 11.8 Å². The van der Waals surface area contributed by atoms with Gasteiger partial charge in [-0.15, -0.1) is 0 Å². The molecule has 0 saturated heterocycles. The Morgan fingerprint density at radius 1 is 1.47 bits per heavy atom. The zero-order chi connectivity index (χ0) is 13.7. The summed E-state index contributed by atoms with van der Waals surface area (Å²) in [6, 6.07) is 1.44. The Morgan fingerprint density at radius 3 is 2.84 bits per heavy atom. The van der Waals surface area contributed by atoms with Gasteiger partial charge in [-0.2, -0.15) is 5.10 Å². The number of carbonyl (C=O) groups is 1. The maximum absolute atomic E-state index is 11.5. The molecule has 1 aliphatic carbocycles. The van der Waals surface area contributed by atoms with Crippen LogP contribution in [0.25, 0.3) is 0 Å². The van der Waals surface area contributed by atoms with Gasteiger partial charge >= 0.3 is 6.03 Å². The molecule has 1 aromatic heterocycles. The minimum atomic E-state index is -0.487. The van der Waals surface area contributed by atoms with Crippen molar-refractivity contribution < 1.29 is 9.90 Å². The number of urea groups is 1. The van der Waals surface area contributed by atoms with E-state index in [2.05, 4.69) is 10.2 Å². The highest BCUT2D eigenvalue weighted by atomic mass is 16.3. The summed E-state index contributed by atoms with van der Waals surface area (Å²) in [5.41, 5.74) is 6.42. The number of primary amides is 1. The minimum absolute atomic E-state index is 0.128. The highest BCUT2D eigenvalue weighted by Crippen LogP contribution is 2.34. The van der Waals surface area contributed by atoms with Crippen molar-refractivity contribution in [1.82, 2.24) is 10.2 Å². The maximum atomic E-state index is 11.5. The van der Waals surface area contributed by atoms with E-state index in [1.807, 2.05) is 6.07 Å². The van der Waals surface area contributed by atoms with E-state index in [4.69, 9.17) is 10.8 Å². The monoisotopic (exact) mass is 266 g/mol. The summed E-state index contributed by atoms with van der Waals surface area (Å²) >= 11 is 0. The molecule has 0 bridgehead atoms. The first-order valence-corrected chi connectivity index (χ1v) is 6.95. The van der Waals surface area contributed by atoms with Crippen LogP contribution >= 0.6 is 0 Å². The number of nitrogens with two attached hydrogens (primary N) is 1. The summed E-state index contributed by atoms with van der Waals surface area (Å²) in [6.07, 6.45) is 6.23. The molecule has 2 amide bonds. The van der Waals surface area contributed by atoms with Crippen molar-refractivity contribution in [2.45, 2.75) is 44.4 Å². The molecule has 0 atom stereocenters. The van der Waals surface area contributed by atoms with E-state index < -0.39 is 6.03 Å². The topological polar surface area (TPSA) is 95.2 Å². The lowest BCUT2D eigenvalue weighted by Gasteiger charge is -2.17. The van der Waals surface area contributed by atoms with Crippen molar-refractivity contribution >= 4 is 11.8 Å². The van der Waals surface area contributed by atoms with Crippen molar-refractivity contribution in [2.24, 2.45) is 5.73 Å². The number of nitrogens with zero attached hydrogens (tertiary/aromatic N) is 2. The van der Waals surface area contributed by atoms with Gasteiger partial charge in [-0.3, -0.25) is 10.00 Å². The first-order valence-electron chi connectivity index (χ1n) is 6.95. The van der Waals surface area contributed by atoms with Gasteiger partial charge in [-0.1, -0.05) is 12.8 Å². The molecular weight excluding hydrogens is 244 g/mol. The van der Waals surface area contributed by atoms with Crippen molar-refractivity contribution in [2.75, 3.05) is 18.1 Å². The molecule has 4 N–H and O–H groups in total. The average molecular weight is 266 g/mol. The molecule has 1 aliphatic rings. The maximum Gasteiger partial charge on any atom is 0.320 e. The number of anilines is 1. The molecule has 1 saturated carbocycles. The van der Waals surface area contributed by atoms with Crippen LogP contribution in [0.15, 0.2) is 6.07 Å². The quantitative estimate of drug-likeness (QED) is 0.684. The van der Waals surface area contributed by atoms with Crippen LogP contribution in [0.3, 0.4) is 0 Å². The second-order valence-electron chi connectivity index (χ2n) is 5.08. The lowest BCUT2D eigenvalue weighted by atomic mass is 10.0. The smallest absolute Gasteiger partial charge is 0.320 e. The number of aliphatic hydroxyl groups is 1. The van der Waals surface area contributed by atoms with Gasteiger partial charge in [0.25, 0.3) is 0 Å². The largest absolute Gasteiger partial charge is 0.396 e. The molecule has 1 heterocycles. The Hall–Kier alpha value is -1.56. The Labute approximate surface area is 113 Å². The zero-order valence-corrected chi connectivity index (χ0v) is 11.1. The molecular formula is C13H22N4O2. The average Bonchev–Trinajstić information content (AvgIpc) is 3.04. The van der Waals surface area contributed by atoms with Crippen molar-refractivity contribution in [3.8, 4) is 0 Å². The third kappa shape index (κ3) is 3.47. The number of hydrogen-bond donors (Lipinski definition) is 3. The molecule has 2 rings (SSSR count). The third-order valence-corrected chi connectivity index (χ3v) is 3.70. The Kier molecular flexibility index (Phi) is 4.79. The molecule has 0 spiro atoms. The molecule has 0 unspecified atom stereocenters. The number of aromatic amines is 1. The SMILES string of the molecule is NC(=O)N(CCCCO)c1cc(C2CCCC2)n[nH]1. The molecule has 1 fully saturated rings. The summed E-state index contributed by atoms with van der Waals surface area (Å²) < 4.78 is 0. The number of H-pyrrole nitrogens is 1. The van der Waals surface area contributed by atoms with Crippen LogP contribution in [0.5, 0.6) is 0 Å². The van der Waals surface area contributed by atoms with Gasteiger partial charge < -0.3 is 10.8 Å². The molecule has 106 valence electrons. The van der Waals surface area contributed by atoms with E-state index in [1.165, 1.54) is 30.6 Å².